The summed E-state index contributed by atoms with van der Waals surface area (Å²) < 4.78 is 1.80. The van der Waals surface area contributed by atoms with E-state index < -0.39 is 0 Å². The third-order valence-electron chi connectivity index (χ3n) is 1.74. The number of aromatic nitrogens is 2. The van der Waals surface area contributed by atoms with Crippen LogP contribution in [-0.4, -0.2) is 16.0 Å². The number of hydrogen-bond acceptors (Lipinski definition) is 6. The van der Waals surface area contributed by atoms with Crippen molar-refractivity contribution < 1.29 is 0 Å². The van der Waals surface area contributed by atoms with Crippen molar-refractivity contribution in [2.24, 2.45) is 0 Å². The van der Waals surface area contributed by atoms with E-state index in [1.165, 1.54) is 23.1 Å². The van der Waals surface area contributed by atoms with E-state index in [9.17, 15) is 0 Å². The van der Waals surface area contributed by atoms with Gasteiger partial charge in [0.05, 0.1) is 11.8 Å². The number of thioether (sulfide) groups is 1. The van der Waals surface area contributed by atoms with Crippen molar-refractivity contribution in [1.29, 1.82) is 5.26 Å². The first-order valence-corrected chi connectivity index (χ1v) is 7.23. The van der Waals surface area contributed by atoms with Crippen LogP contribution in [0.15, 0.2) is 33.1 Å². The number of nitriles is 1. The minimum absolute atomic E-state index is 0.394. The van der Waals surface area contributed by atoms with Gasteiger partial charge in [0.25, 0.3) is 0 Å². The molecular weight excluding hydrogens is 320 g/mol. The smallest absolute Gasteiger partial charge is 0.210 e. The second-order valence-corrected chi connectivity index (χ2v) is 6.07. The van der Waals surface area contributed by atoms with E-state index >= 15 is 0 Å². The maximum atomic E-state index is 8.46. The molecule has 1 heterocycles. The normalized spacial score (nSPS) is 9.88. The highest BCUT2D eigenvalue weighted by atomic mass is 79.9. The summed E-state index contributed by atoms with van der Waals surface area (Å²) in [5.41, 5.74) is 0.951. The van der Waals surface area contributed by atoms with Crippen LogP contribution in [0.3, 0.4) is 0 Å². The Labute approximate surface area is 115 Å². The molecule has 0 aliphatic rings. The van der Waals surface area contributed by atoms with Crippen molar-refractivity contribution in [3.8, 4) is 6.07 Å². The Kier molecular flexibility index (Phi) is 4.36. The molecule has 7 heteroatoms. The molecule has 0 unspecified atom stereocenters. The zero-order valence-electron chi connectivity index (χ0n) is 8.55. The van der Waals surface area contributed by atoms with Crippen LogP contribution in [0.2, 0.25) is 0 Å². The van der Waals surface area contributed by atoms with E-state index in [2.05, 4.69) is 37.5 Å². The summed E-state index contributed by atoms with van der Waals surface area (Å²) in [6.45, 7) is 0. The highest BCUT2D eigenvalue weighted by molar-refractivity contribution is 9.10. The van der Waals surface area contributed by atoms with Crippen LogP contribution in [0.1, 0.15) is 0 Å². The molecule has 0 bridgehead atoms. The van der Waals surface area contributed by atoms with Gasteiger partial charge in [-0.15, -0.1) is 10.2 Å². The number of anilines is 2. The predicted molar refractivity (Wildman–Crippen MR) is 73.7 cm³/mol. The summed E-state index contributed by atoms with van der Waals surface area (Å²) in [4.78, 5) is 0. The number of nitrogens with zero attached hydrogens (tertiary/aromatic N) is 3. The van der Waals surface area contributed by atoms with E-state index in [-0.39, 0.29) is 0 Å². The van der Waals surface area contributed by atoms with Crippen molar-refractivity contribution in [3.63, 3.8) is 0 Å². The predicted octanol–water partition coefficient (Wildman–Crippen LogP) is 3.66. The van der Waals surface area contributed by atoms with Crippen LogP contribution in [0.25, 0.3) is 0 Å². The molecule has 4 nitrogen and oxygen atoms in total. The Hall–Kier alpha value is -1.10. The van der Waals surface area contributed by atoms with E-state index in [0.717, 1.165) is 19.6 Å². The van der Waals surface area contributed by atoms with Gasteiger partial charge in [0, 0.05) is 10.2 Å². The molecule has 0 radical (unpaired) electrons. The van der Waals surface area contributed by atoms with Gasteiger partial charge in [-0.05, 0) is 18.2 Å². The quantitative estimate of drug-likeness (QED) is 0.869. The zero-order chi connectivity index (χ0) is 12.1. The van der Waals surface area contributed by atoms with Gasteiger partial charge in [-0.1, -0.05) is 45.1 Å². The highest BCUT2D eigenvalue weighted by Crippen LogP contribution is 2.28. The Morgan fingerprint density at radius 3 is 3.12 bits per heavy atom. The summed E-state index contributed by atoms with van der Waals surface area (Å²) >= 11 is 6.23. The number of nitrogens with one attached hydrogen (secondary N) is 1. The van der Waals surface area contributed by atoms with E-state index in [4.69, 9.17) is 5.26 Å². The molecule has 0 saturated heterocycles. The van der Waals surface area contributed by atoms with Crippen molar-refractivity contribution >= 4 is 49.8 Å². The maximum absolute atomic E-state index is 8.46. The van der Waals surface area contributed by atoms with Gasteiger partial charge >= 0.3 is 0 Å². The molecule has 0 fully saturated rings. The Morgan fingerprint density at radius 2 is 2.35 bits per heavy atom. The molecule has 0 spiro atoms. The standard InChI is InChI=1S/C10H7BrN4S2/c11-7-2-1-3-8(6-7)13-9-14-15-10(17-9)16-5-4-12/h1-3,6H,5H2,(H,13,14). The summed E-state index contributed by atoms with van der Waals surface area (Å²) in [6, 6.07) is 9.87. The molecule has 1 aromatic carbocycles. The van der Waals surface area contributed by atoms with Crippen molar-refractivity contribution in [2.45, 2.75) is 4.34 Å². The summed E-state index contributed by atoms with van der Waals surface area (Å²) in [7, 11) is 0. The van der Waals surface area contributed by atoms with E-state index in [0.29, 0.717) is 5.75 Å². The molecule has 2 aromatic rings. The third kappa shape index (κ3) is 3.70. The number of rotatable bonds is 4. The van der Waals surface area contributed by atoms with Crippen LogP contribution >= 0.6 is 39.0 Å². The van der Waals surface area contributed by atoms with Gasteiger partial charge in [-0.2, -0.15) is 5.26 Å². The second kappa shape index (κ2) is 6.00. The van der Waals surface area contributed by atoms with E-state index in [1.807, 2.05) is 24.3 Å². The Morgan fingerprint density at radius 1 is 1.47 bits per heavy atom. The lowest BCUT2D eigenvalue weighted by Gasteiger charge is -2.01. The first kappa shape index (κ1) is 12.4. The topological polar surface area (TPSA) is 61.6 Å². The molecule has 1 N–H and O–H groups in total. The lowest BCUT2D eigenvalue weighted by Crippen LogP contribution is -1.88. The van der Waals surface area contributed by atoms with E-state index in [1.54, 1.807) is 0 Å². The van der Waals surface area contributed by atoms with Gasteiger partial charge in [-0.25, -0.2) is 0 Å². The summed E-state index contributed by atoms with van der Waals surface area (Å²) in [5, 5.41) is 20.3. The van der Waals surface area contributed by atoms with Crippen LogP contribution < -0.4 is 5.32 Å². The molecular formula is C10H7BrN4S2. The average molecular weight is 327 g/mol. The first-order chi connectivity index (χ1) is 8.28. The van der Waals surface area contributed by atoms with Crippen LogP contribution in [0, 0.1) is 11.3 Å². The fourth-order valence-electron chi connectivity index (χ4n) is 1.10. The van der Waals surface area contributed by atoms with Crippen LogP contribution in [-0.2, 0) is 0 Å². The average Bonchev–Trinajstić information content (AvgIpc) is 2.74. The highest BCUT2D eigenvalue weighted by Gasteiger charge is 2.04. The molecule has 1 aromatic heterocycles. The van der Waals surface area contributed by atoms with Crippen LogP contribution in [0.4, 0.5) is 10.8 Å². The fourth-order valence-corrected chi connectivity index (χ4v) is 2.94. The Balaban J connectivity index is 2.04. The Bertz CT molecular complexity index is 549. The molecule has 0 amide bonds. The lowest BCUT2D eigenvalue weighted by atomic mass is 10.3. The van der Waals surface area contributed by atoms with Crippen molar-refractivity contribution in [2.75, 3.05) is 11.1 Å². The summed E-state index contributed by atoms with van der Waals surface area (Å²) in [6.07, 6.45) is 0. The first-order valence-electron chi connectivity index (χ1n) is 4.64. The van der Waals surface area contributed by atoms with Gasteiger partial charge in [0.1, 0.15) is 0 Å². The van der Waals surface area contributed by atoms with Crippen molar-refractivity contribution in [3.05, 3.63) is 28.7 Å². The molecule has 2 rings (SSSR count). The molecule has 0 atom stereocenters. The minimum Gasteiger partial charge on any atom is -0.330 e. The zero-order valence-corrected chi connectivity index (χ0v) is 11.8. The monoisotopic (exact) mass is 326 g/mol. The largest absolute Gasteiger partial charge is 0.330 e. The number of hydrogen-bond donors (Lipinski definition) is 1. The number of halogens is 1. The van der Waals surface area contributed by atoms with Gasteiger partial charge in [0.15, 0.2) is 4.34 Å². The molecule has 0 aliphatic heterocycles. The SMILES string of the molecule is N#CCSc1nnc(Nc2cccc(Br)c2)s1. The number of benzene rings is 1. The maximum Gasteiger partial charge on any atom is 0.210 e. The van der Waals surface area contributed by atoms with Crippen LogP contribution in [0.5, 0.6) is 0 Å². The van der Waals surface area contributed by atoms with Crippen molar-refractivity contribution in [1.82, 2.24) is 10.2 Å². The molecule has 86 valence electrons. The van der Waals surface area contributed by atoms with Gasteiger partial charge in [0.2, 0.25) is 5.13 Å². The second-order valence-electron chi connectivity index (χ2n) is 2.96. The third-order valence-corrected chi connectivity index (χ3v) is 4.07. The fraction of sp³-hybridized carbons (Fsp3) is 0.100. The van der Waals surface area contributed by atoms with Gasteiger partial charge in [-0.3, -0.25) is 0 Å². The molecule has 0 saturated carbocycles. The lowest BCUT2D eigenvalue weighted by molar-refractivity contribution is 1.01. The molecule has 0 aliphatic carbocycles. The van der Waals surface area contributed by atoms with Gasteiger partial charge < -0.3 is 5.32 Å². The molecule has 17 heavy (non-hydrogen) atoms. The summed E-state index contributed by atoms with van der Waals surface area (Å²) in [5.74, 6) is 0.394. The minimum atomic E-state index is 0.394.